The molecule has 0 radical (unpaired) electrons. The van der Waals surface area contributed by atoms with Crippen LogP contribution in [0.2, 0.25) is 0 Å². The Balaban J connectivity index is 2.58. The van der Waals surface area contributed by atoms with Gasteiger partial charge in [0.1, 0.15) is 11.3 Å². The zero-order valence-corrected chi connectivity index (χ0v) is 14.7. The lowest BCUT2D eigenvalue weighted by Gasteiger charge is -2.27. The number of hydrazine groups is 1. The number of hydrogen-bond acceptors (Lipinski definition) is 7. The number of alkyl halides is 5. The smallest absolute Gasteiger partial charge is 0.459 e. The lowest BCUT2D eigenvalue weighted by atomic mass is 10.1. The lowest BCUT2D eigenvalue weighted by molar-refractivity contribution is -0.291. The topological polar surface area (TPSA) is 92.7 Å². The number of amides is 2. The van der Waals surface area contributed by atoms with Crippen molar-refractivity contribution in [2.45, 2.75) is 25.9 Å². The Morgan fingerprint density at radius 2 is 1.86 bits per heavy atom. The molecule has 152 valence electrons. The zero-order chi connectivity index (χ0) is 21.4. The Morgan fingerprint density at radius 3 is 2.32 bits per heavy atom. The molecule has 0 unspecified atom stereocenters. The highest BCUT2D eigenvalue weighted by Crippen LogP contribution is 2.44. The molecule has 0 aliphatic carbocycles. The van der Waals surface area contributed by atoms with Gasteiger partial charge in [-0.1, -0.05) is 0 Å². The average molecular weight is 408 g/mol. The number of halogens is 5. The van der Waals surface area contributed by atoms with Crippen LogP contribution in [0.3, 0.4) is 0 Å². The summed E-state index contributed by atoms with van der Waals surface area (Å²) in [5.41, 5.74) is -3.14. The van der Waals surface area contributed by atoms with E-state index in [9.17, 15) is 36.3 Å². The molecule has 1 aliphatic heterocycles. The number of aromatic nitrogens is 2. The molecule has 2 amide bonds. The van der Waals surface area contributed by atoms with Crippen LogP contribution in [0, 0.1) is 0 Å². The first-order valence-corrected chi connectivity index (χ1v) is 7.62. The molecule has 0 aromatic carbocycles. The van der Waals surface area contributed by atoms with Gasteiger partial charge in [0, 0.05) is 24.9 Å². The van der Waals surface area contributed by atoms with Crippen LogP contribution in [0.4, 0.5) is 27.9 Å². The summed E-state index contributed by atoms with van der Waals surface area (Å²) in [6.07, 6.45) is -4.72. The van der Waals surface area contributed by atoms with Crippen LogP contribution >= 0.6 is 0 Å². The van der Waals surface area contributed by atoms with Gasteiger partial charge in [0.2, 0.25) is 5.95 Å². The summed E-state index contributed by atoms with van der Waals surface area (Å²) in [5.74, 6) is -9.55. The molecule has 1 aromatic rings. The third-order valence-corrected chi connectivity index (χ3v) is 3.59. The van der Waals surface area contributed by atoms with Gasteiger partial charge in [0.15, 0.2) is 0 Å². The monoisotopic (exact) mass is 408 g/mol. The number of nitrogens with zero attached hydrogens (tertiary/aromatic N) is 4. The van der Waals surface area contributed by atoms with Crippen LogP contribution in [0.5, 0.6) is 0 Å². The SMILES string of the molecule is CCOC(=O)c1cnc(N(C)N2C(=O)C=C(C)C2=O)nc1C(F)(F)C(F)(F)F. The third-order valence-electron chi connectivity index (χ3n) is 3.59. The molecule has 0 atom stereocenters. The van der Waals surface area contributed by atoms with E-state index in [0.717, 1.165) is 13.1 Å². The minimum Gasteiger partial charge on any atom is -0.462 e. The first-order chi connectivity index (χ1) is 12.8. The Morgan fingerprint density at radius 1 is 1.25 bits per heavy atom. The number of imide groups is 1. The molecule has 2 heterocycles. The maximum absolute atomic E-state index is 14.0. The molecule has 0 saturated carbocycles. The zero-order valence-electron chi connectivity index (χ0n) is 14.7. The maximum Gasteiger partial charge on any atom is 0.459 e. The van der Waals surface area contributed by atoms with Crippen molar-refractivity contribution in [2.24, 2.45) is 0 Å². The Kier molecular flexibility index (Phi) is 5.39. The van der Waals surface area contributed by atoms with Crippen LogP contribution in [0.15, 0.2) is 17.8 Å². The van der Waals surface area contributed by atoms with E-state index in [1.165, 1.54) is 13.8 Å². The second-order valence-electron chi connectivity index (χ2n) is 5.53. The second kappa shape index (κ2) is 7.13. The number of carbonyl (C=O) groups excluding carboxylic acids is 3. The first kappa shape index (κ1) is 21.2. The summed E-state index contributed by atoms with van der Waals surface area (Å²) in [4.78, 5) is 42.2. The predicted octanol–water partition coefficient (Wildman–Crippen LogP) is 1.97. The number of anilines is 1. The fourth-order valence-electron chi connectivity index (χ4n) is 2.21. The molecule has 13 heteroatoms. The highest BCUT2D eigenvalue weighted by Gasteiger charge is 2.61. The lowest BCUT2D eigenvalue weighted by Crippen LogP contribution is -2.46. The van der Waals surface area contributed by atoms with Gasteiger partial charge < -0.3 is 4.74 Å². The first-order valence-electron chi connectivity index (χ1n) is 7.62. The molecule has 28 heavy (non-hydrogen) atoms. The quantitative estimate of drug-likeness (QED) is 0.418. The van der Waals surface area contributed by atoms with Crippen LogP contribution < -0.4 is 5.01 Å². The third kappa shape index (κ3) is 3.51. The van der Waals surface area contributed by atoms with Gasteiger partial charge in [-0.25, -0.2) is 19.8 Å². The molecule has 8 nitrogen and oxygen atoms in total. The minimum absolute atomic E-state index is 0.0147. The fraction of sp³-hybridized carbons (Fsp3) is 0.400. The number of ether oxygens (including phenoxy) is 1. The normalized spacial score (nSPS) is 15.0. The highest BCUT2D eigenvalue weighted by atomic mass is 19.4. The van der Waals surface area contributed by atoms with Crippen LogP contribution in [-0.4, -0.2) is 52.6 Å². The number of esters is 1. The number of carbonyl (C=O) groups is 3. The van der Waals surface area contributed by atoms with Gasteiger partial charge in [0.25, 0.3) is 11.8 Å². The van der Waals surface area contributed by atoms with Crippen molar-refractivity contribution in [1.29, 1.82) is 0 Å². The molecule has 1 aliphatic rings. The van der Waals surface area contributed by atoms with Crippen molar-refractivity contribution in [3.05, 3.63) is 29.1 Å². The summed E-state index contributed by atoms with van der Waals surface area (Å²) >= 11 is 0. The van der Waals surface area contributed by atoms with E-state index in [1.54, 1.807) is 0 Å². The van der Waals surface area contributed by atoms with Gasteiger partial charge in [-0.2, -0.15) is 27.0 Å². The Labute approximate surface area is 154 Å². The fourth-order valence-corrected chi connectivity index (χ4v) is 2.21. The van der Waals surface area contributed by atoms with Crippen molar-refractivity contribution in [3.8, 4) is 0 Å². The number of rotatable bonds is 5. The van der Waals surface area contributed by atoms with E-state index < -0.39 is 47.1 Å². The summed E-state index contributed by atoms with van der Waals surface area (Å²) in [6, 6.07) is 0. The number of hydrogen-bond donors (Lipinski definition) is 0. The molecule has 0 bridgehead atoms. The largest absolute Gasteiger partial charge is 0.462 e. The molecular weight excluding hydrogens is 395 g/mol. The molecule has 0 spiro atoms. The molecular formula is C15H13F5N4O4. The van der Waals surface area contributed by atoms with Crippen LogP contribution in [0.1, 0.15) is 29.9 Å². The van der Waals surface area contributed by atoms with Crippen molar-refractivity contribution in [1.82, 2.24) is 15.0 Å². The van der Waals surface area contributed by atoms with Crippen molar-refractivity contribution in [3.63, 3.8) is 0 Å². The van der Waals surface area contributed by atoms with E-state index in [1.807, 2.05) is 0 Å². The summed E-state index contributed by atoms with van der Waals surface area (Å²) in [7, 11) is 1.01. The van der Waals surface area contributed by atoms with Crippen molar-refractivity contribution < 1.29 is 41.1 Å². The van der Waals surface area contributed by atoms with Gasteiger partial charge >= 0.3 is 18.1 Å². The average Bonchev–Trinajstić information content (AvgIpc) is 2.85. The van der Waals surface area contributed by atoms with Gasteiger partial charge in [0.05, 0.1) is 6.61 Å². The highest BCUT2D eigenvalue weighted by molar-refractivity contribution is 6.16. The van der Waals surface area contributed by atoms with Gasteiger partial charge in [-0.15, -0.1) is 0 Å². The Bertz CT molecular complexity index is 868. The molecule has 0 N–H and O–H groups in total. The second-order valence-corrected chi connectivity index (χ2v) is 5.53. The van der Waals surface area contributed by atoms with Crippen LogP contribution in [-0.2, 0) is 20.2 Å². The van der Waals surface area contributed by atoms with Gasteiger partial charge in [-0.05, 0) is 13.8 Å². The standard InChI is InChI=1S/C15H13F5N4O4/c1-4-28-12(27)8-6-21-13(22-10(8)14(16,17)15(18,19)20)23(3)24-9(25)5-7(2)11(24)26/h5-6H,4H2,1-3H3. The van der Waals surface area contributed by atoms with Crippen molar-refractivity contribution >= 4 is 23.7 Å². The molecule has 1 aromatic heterocycles. The van der Waals surface area contributed by atoms with E-state index in [2.05, 4.69) is 14.7 Å². The van der Waals surface area contributed by atoms with E-state index in [0.29, 0.717) is 16.2 Å². The van der Waals surface area contributed by atoms with E-state index in [4.69, 9.17) is 0 Å². The maximum atomic E-state index is 14.0. The van der Waals surface area contributed by atoms with Gasteiger partial charge in [-0.3, -0.25) is 9.59 Å². The van der Waals surface area contributed by atoms with Crippen molar-refractivity contribution in [2.75, 3.05) is 18.7 Å². The predicted molar refractivity (Wildman–Crippen MR) is 82.0 cm³/mol. The molecule has 2 rings (SSSR count). The van der Waals surface area contributed by atoms with E-state index in [-0.39, 0.29) is 12.2 Å². The summed E-state index contributed by atoms with van der Waals surface area (Å²) in [6.45, 7) is 2.34. The summed E-state index contributed by atoms with van der Waals surface area (Å²) < 4.78 is 70.9. The minimum atomic E-state index is -6.07. The molecule has 0 saturated heterocycles. The summed E-state index contributed by atoms with van der Waals surface area (Å²) in [5, 5.41) is 1.05. The van der Waals surface area contributed by atoms with Crippen LogP contribution in [0.25, 0.3) is 0 Å². The molecule has 0 fully saturated rings. The van der Waals surface area contributed by atoms with E-state index >= 15 is 0 Å². The Hall–Kier alpha value is -3.12.